The van der Waals surface area contributed by atoms with Gasteiger partial charge in [0.05, 0.1) is 19.8 Å². The van der Waals surface area contributed by atoms with Gasteiger partial charge in [0.1, 0.15) is 11.8 Å². The third kappa shape index (κ3) is 3.52. The van der Waals surface area contributed by atoms with Crippen molar-refractivity contribution < 1.29 is 9.47 Å². The summed E-state index contributed by atoms with van der Waals surface area (Å²) in [5.41, 5.74) is 1.37. The first-order chi connectivity index (χ1) is 6.86. The van der Waals surface area contributed by atoms with E-state index in [1.165, 1.54) is 0 Å². The van der Waals surface area contributed by atoms with E-state index in [0.717, 1.165) is 5.56 Å². The van der Waals surface area contributed by atoms with E-state index in [4.69, 9.17) is 14.7 Å². The van der Waals surface area contributed by atoms with E-state index in [9.17, 15) is 0 Å². The van der Waals surface area contributed by atoms with Crippen LogP contribution in [0.3, 0.4) is 0 Å². The normalized spacial score (nSPS) is 9.71. The number of rotatable bonds is 5. The summed E-state index contributed by atoms with van der Waals surface area (Å²) >= 11 is 0. The van der Waals surface area contributed by atoms with Gasteiger partial charge in [-0.2, -0.15) is 5.26 Å². The summed E-state index contributed by atoms with van der Waals surface area (Å²) in [5.74, 6) is 0. The molecule has 74 valence electrons. The van der Waals surface area contributed by atoms with Crippen molar-refractivity contribution in [2.24, 2.45) is 0 Å². The second kappa shape index (κ2) is 6.08. The summed E-state index contributed by atoms with van der Waals surface area (Å²) in [6.07, 6.45) is 1.60. The lowest BCUT2D eigenvalue weighted by Gasteiger charge is -2.03. The largest absolute Gasteiger partial charge is 0.382 e. The molecule has 4 heteroatoms. The Kier molecular flexibility index (Phi) is 4.62. The van der Waals surface area contributed by atoms with Gasteiger partial charge < -0.3 is 9.47 Å². The number of pyridine rings is 1. The molecule has 0 N–H and O–H groups in total. The maximum absolute atomic E-state index is 8.60. The Bertz CT molecular complexity index is 320. The van der Waals surface area contributed by atoms with Crippen molar-refractivity contribution in [1.82, 2.24) is 4.98 Å². The summed E-state index contributed by atoms with van der Waals surface area (Å²) < 4.78 is 10.1. The Morgan fingerprint density at radius 3 is 3.07 bits per heavy atom. The first-order valence-electron chi connectivity index (χ1n) is 4.28. The zero-order chi connectivity index (χ0) is 10.2. The summed E-state index contributed by atoms with van der Waals surface area (Å²) in [6.45, 7) is 1.62. The molecule has 1 aromatic rings. The zero-order valence-electron chi connectivity index (χ0n) is 8.06. The summed E-state index contributed by atoms with van der Waals surface area (Å²) in [4.78, 5) is 3.86. The number of methoxy groups -OCH3 is 1. The van der Waals surface area contributed by atoms with Crippen molar-refractivity contribution >= 4 is 0 Å². The molecule has 0 saturated heterocycles. The topological polar surface area (TPSA) is 55.1 Å². The number of ether oxygens (including phenoxy) is 2. The molecule has 1 aromatic heterocycles. The van der Waals surface area contributed by atoms with E-state index in [1.54, 1.807) is 19.4 Å². The van der Waals surface area contributed by atoms with E-state index in [-0.39, 0.29) is 0 Å². The van der Waals surface area contributed by atoms with Crippen LogP contribution in [0.2, 0.25) is 0 Å². The fourth-order valence-corrected chi connectivity index (χ4v) is 0.957. The van der Waals surface area contributed by atoms with Crippen LogP contribution in [0.15, 0.2) is 18.3 Å². The lowest BCUT2D eigenvalue weighted by molar-refractivity contribution is 0.0616. The van der Waals surface area contributed by atoms with Crippen molar-refractivity contribution in [3.63, 3.8) is 0 Å². The molecule has 0 unspecified atom stereocenters. The average Bonchev–Trinajstić information content (AvgIpc) is 2.25. The van der Waals surface area contributed by atoms with Crippen LogP contribution in [0, 0.1) is 11.3 Å². The van der Waals surface area contributed by atoms with Crippen LogP contribution < -0.4 is 0 Å². The molecular formula is C10H12N2O2. The van der Waals surface area contributed by atoms with E-state index in [1.807, 2.05) is 12.1 Å². The minimum absolute atomic E-state index is 0.415. The van der Waals surface area contributed by atoms with Gasteiger partial charge in [-0.25, -0.2) is 4.98 Å². The Hall–Kier alpha value is -1.44. The van der Waals surface area contributed by atoms with Crippen molar-refractivity contribution in [2.45, 2.75) is 6.61 Å². The smallest absolute Gasteiger partial charge is 0.140 e. The Morgan fingerprint density at radius 1 is 1.50 bits per heavy atom. The molecule has 1 rings (SSSR count). The molecule has 1 heterocycles. The van der Waals surface area contributed by atoms with Crippen LogP contribution in [0.5, 0.6) is 0 Å². The molecule has 0 aliphatic heterocycles. The highest BCUT2D eigenvalue weighted by Gasteiger charge is 1.96. The van der Waals surface area contributed by atoms with Gasteiger partial charge in [0.25, 0.3) is 0 Å². The summed E-state index contributed by atoms with van der Waals surface area (Å²) in [6, 6.07) is 5.52. The lowest BCUT2D eigenvalue weighted by Crippen LogP contribution is -2.02. The fourth-order valence-electron chi connectivity index (χ4n) is 0.957. The standard InChI is InChI=1S/C10H12N2O2/c1-13-4-5-14-8-9-2-3-12-10(6-9)7-11/h2-3,6H,4-5,8H2,1H3. The van der Waals surface area contributed by atoms with Gasteiger partial charge in [-0.3, -0.25) is 0 Å². The van der Waals surface area contributed by atoms with Crippen LogP contribution in [0.1, 0.15) is 11.3 Å². The summed E-state index contributed by atoms with van der Waals surface area (Å²) in [7, 11) is 1.63. The summed E-state index contributed by atoms with van der Waals surface area (Å²) in [5, 5.41) is 8.60. The van der Waals surface area contributed by atoms with E-state index < -0.39 is 0 Å². The molecular weight excluding hydrogens is 180 g/mol. The Balaban J connectivity index is 2.39. The third-order valence-corrected chi connectivity index (χ3v) is 1.64. The average molecular weight is 192 g/mol. The van der Waals surface area contributed by atoms with E-state index in [2.05, 4.69) is 4.98 Å². The van der Waals surface area contributed by atoms with Crippen LogP contribution in [-0.4, -0.2) is 25.3 Å². The van der Waals surface area contributed by atoms with Crippen LogP contribution in [-0.2, 0) is 16.1 Å². The lowest BCUT2D eigenvalue weighted by atomic mass is 10.2. The first-order valence-corrected chi connectivity index (χ1v) is 4.28. The number of nitriles is 1. The second-order valence-corrected chi connectivity index (χ2v) is 2.71. The molecule has 4 nitrogen and oxygen atoms in total. The van der Waals surface area contributed by atoms with Gasteiger partial charge in [0.15, 0.2) is 0 Å². The monoisotopic (exact) mass is 192 g/mol. The predicted octanol–water partition coefficient (Wildman–Crippen LogP) is 1.12. The predicted molar refractivity (Wildman–Crippen MR) is 50.5 cm³/mol. The zero-order valence-corrected chi connectivity index (χ0v) is 8.06. The van der Waals surface area contributed by atoms with Gasteiger partial charge in [-0.05, 0) is 17.7 Å². The van der Waals surface area contributed by atoms with E-state index in [0.29, 0.717) is 25.5 Å². The quantitative estimate of drug-likeness (QED) is 0.656. The van der Waals surface area contributed by atoms with Gasteiger partial charge >= 0.3 is 0 Å². The van der Waals surface area contributed by atoms with Crippen molar-refractivity contribution in [2.75, 3.05) is 20.3 Å². The number of hydrogen-bond acceptors (Lipinski definition) is 4. The second-order valence-electron chi connectivity index (χ2n) is 2.71. The number of nitrogens with zero attached hydrogens (tertiary/aromatic N) is 2. The molecule has 0 saturated carbocycles. The molecule has 0 fully saturated rings. The fraction of sp³-hybridized carbons (Fsp3) is 0.400. The van der Waals surface area contributed by atoms with Gasteiger partial charge in [0, 0.05) is 13.3 Å². The maximum atomic E-state index is 8.60. The highest BCUT2D eigenvalue weighted by Crippen LogP contribution is 2.02. The van der Waals surface area contributed by atoms with Gasteiger partial charge in [0.2, 0.25) is 0 Å². The highest BCUT2D eigenvalue weighted by atomic mass is 16.5. The SMILES string of the molecule is COCCOCc1ccnc(C#N)c1. The van der Waals surface area contributed by atoms with Gasteiger partial charge in [-0.15, -0.1) is 0 Å². The van der Waals surface area contributed by atoms with Crippen LogP contribution >= 0.6 is 0 Å². The van der Waals surface area contributed by atoms with Crippen molar-refractivity contribution in [1.29, 1.82) is 5.26 Å². The molecule has 0 aliphatic rings. The molecule has 0 aromatic carbocycles. The van der Waals surface area contributed by atoms with Crippen molar-refractivity contribution in [3.05, 3.63) is 29.6 Å². The minimum atomic E-state index is 0.415. The minimum Gasteiger partial charge on any atom is -0.382 e. The van der Waals surface area contributed by atoms with Crippen LogP contribution in [0.4, 0.5) is 0 Å². The van der Waals surface area contributed by atoms with Crippen LogP contribution in [0.25, 0.3) is 0 Å². The van der Waals surface area contributed by atoms with E-state index >= 15 is 0 Å². The molecule has 0 radical (unpaired) electrons. The molecule has 0 spiro atoms. The Morgan fingerprint density at radius 2 is 2.36 bits per heavy atom. The van der Waals surface area contributed by atoms with Crippen molar-refractivity contribution in [3.8, 4) is 6.07 Å². The first kappa shape index (κ1) is 10.6. The number of hydrogen-bond donors (Lipinski definition) is 0. The third-order valence-electron chi connectivity index (χ3n) is 1.64. The molecule has 0 bridgehead atoms. The molecule has 0 atom stereocenters. The Labute approximate surface area is 83.1 Å². The van der Waals surface area contributed by atoms with Gasteiger partial charge in [-0.1, -0.05) is 0 Å². The maximum Gasteiger partial charge on any atom is 0.140 e. The molecule has 14 heavy (non-hydrogen) atoms. The number of aromatic nitrogens is 1. The molecule has 0 amide bonds. The highest BCUT2D eigenvalue weighted by molar-refractivity contribution is 5.24. The molecule has 0 aliphatic carbocycles.